The summed E-state index contributed by atoms with van der Waals surface area (Å²) in [4.78, 5) is 12.6. The summed E-state index contributed by atoms with van der Waals surface area (Å²) in [5.74, 6) is 1.53. The van der Waals surface area contributed by atoms with Crippen molar-refractivity contribution in [3.8, 4) is 5.95 Å². The lowest BCUT2D eigenvalue weighted by Gasteiger charge is -2.06. The number of nitrogens with zero attached hydrogens (tertiary/aromatic N) is 5. The van der Waals surface area contributed by atoms with Crippen molar-refractivity contribution in [2.45, 2.75) is 6.92 Å². The maximum Gasteiger partial charge on any atom is 0.257 e. The first kappa shape index (κ1) is 10.3. The third-order valence-corrected chi connectivity index (χ3v) is 1.89. The lowest BCUT2D eigenvalue weighted by atomic mass is 10.7. The summed E-state index contributed by atoms with van der Waals surface area (Å²) in [6.07, 6.45) is 3.46. The van der Waals surface area contributed by atoms with E-state index in [1.165, 1.54) is 0 Å². The molecule has 0 radical (unpaired) electrons. The smallest absolute Gasteiger partial charge is 0.257 e. The summed E-state index contributed by atoms with van der Waals surface area (Å²) < 4.78 is 1.59. The van der Waals surface area contributed by atoms with E-state index in [1.54, 1.807) is 24.1 Å². The molecule has 7 heteroatoms. The normalized spacial score (nSPS) is 10.1. The average Bonchev–Trinajstić information content (AvgIpc) is 2.82. The van der Waals surface area contributed by atoms with Gasteiger partial charge >= 0.3 is 0 Å². The summed E-state index contributed by atoms with van der Waals surface area (Å²) >= 11 is 0. The molecule has 0 saturated carbocycles. The molecule has 2 aromatic heterocycles. The van der Waals surface area contributed by atoms with Crippen molar-refractivity contribution < 1.29 is 0 Å². The van der Waals surface area contributed by atoms with Crippen LogP contribution in [0.15, 0.2) is 18.5 Å². The molecule has 0 spiro atoms. The van der Waals surface area contributed by atoms with Gasteiger partial charge in [0.05, 0.1) is 0 Å². The molecule has 2 rings (SSSR count). The van der Waals surface area contributed by atoms with E-state index in [1.807, 2.05) is 13.0 Å². The van der Waals surface area contributed by atoms with Crippen LogP contribution in [0.25, 0.3) is 5.95 Å². The zero-order valence-electron chi connectivity index (χ0n) is 9.18. The van der Waals surface area contributed by atoms with E-state index in [4.69, 9.17) is 0 Å². The third-order valence-electron chi connectivity index (χ3n) is 1.89. The molecule has 0 aliphatic heterocycles. The van der Waals surface area contributed by atoms with Gasteiger partial charge in [0.25, 0.3) is 5.95 Å². The van der Waals surface area contributed by atoms with E-state index in [9.17, 15) is 0 Å². The second-order valence-electron chi connectivity index (χ2n) is 3.01. The van der Waals surface area contributed by atoms with E-state index in [0.29, 0.717) is 17.8 Å². The van der Waals surface area contributed by atoms with E-state index < -0.39 is 0 Å². The molecule has 0 aliphatic carbocycles. The zero-order valence-corrected chi connectivity index (χ0v) is 9.18. The Balaban J connectivity index is 2.41. The number of rotatable bonds is 4. The molecular formula is C9H13N7. The van der Waals surface area contributed by atoms with Crippen molar-refractivity contribution >= 4 is 11.9 Å². The van der Waals surface area contributed by atoms with Crippen molar-refractivity contribution in [2.75, 3.05) is 24.2 Å². The van der Waals surface area contributed by atoms with Gasteiger partial charge in [-0.25, -0.2) is 4.68 Å². The lowest BCUT2D eigenvalue weighted by molar-refractivity contribution is 0.798. The molecule has 2 aromatic rings. The monoisotopic (exact) mass is 219 g/mol. The molecular weight excluding hydrogens is 206 g/mol. The molecule has 7 nitrogen and oxygen atoms in total. The third kappa shape index (κ3) is 2.08. The second kappa shape index (κ2) is 4.56. The molecule has 84 valence electrons. The minimum Gasteiger partial charge on any atom is -0.357 e. The Morgan fingerprint density at radius 1 is 1.25 bits per heavy atom. The number of anilines is 2. The zero-order chi connectivity index (χ0) is 11.4. The Kier molecular flexibility index (Phi) is 2.95. The van der Waals surface area contributed by atoms with Gasteiger partial charge in [-0.2, -0.15) is 20.1 Å². The van der Waals surface area contributed by atoms with E-state index in [2.05, 4.69) is 30.7 Å². The molecule has 2 heterocycles. The van der Waals surface area contributed by atoms with Gasteiger partial charge in [-0.15, -0.1) is 0 Å². The summed E-state index contributed by atoms with van der Waals surface area (Å²) in [6.45, 7) is 2.74. The van der Waals surface area contributed by atoms with Crippen LogP contribution in [-0.4, -0.2) is 38.3 Å². The van der Waals surface area contributed by atoms with Crippen LogP contribution < -0.4 is 10.6 Å². The van der Waals surface area contributed by atoms with Gasteiger partial charge in [-0.05, 0) is 13.0 Å². The number of aromatic nitrogens is 5. The molecule has 0 unspecified atom stereocenters. The first-order chi connectivity index (χ1) is 7.83. The molecule has 2 N–H and O–H groups in total. The maximum atomic E-state index is 4.24. The number of nitrogens with one attached hydrogen (secondary N) is 2. The van der Waals surface area contributed by atoms with Gasteiger partial charge in [0.15, 0.2) is 0 Å². The van der Waals surface area contributed by atoms with Gasteiger partial charge in [-0.3, -0.25) is 0 Å². The standard InChI is InChI=1S/C9H13N7/c1-3-11-8-13-7(10-2)14-9(15-8)16-6-4-5-12-16/h4-6H,3H2,1-2H3,(H2,10,11,13,14,15). The largest absolute Gasteiger partial charge is 0.357 e. The van der Waals surface area contributed by atoms with Gasteiger partial charge < -0.3 is 10.6 Å². The van der Waals surface area contributed by atoms with Crippen LogP contribution in [-0.2, 0) is 0 Å². The lowest BCUT2D eigenvalue weighted by Crippen LogP contribution is -2.11. The van der Waals surface area contributed by atoms with Crippen molar-refractivity contribution in [1.82, 2.24) is 24.7 Å². The van der Waals surface area contributed by atoms with Crippen molar-refractivity contribution in [1.29, 1.82) is 0 Å². The predicted octanol–water partition coefficient (Wildman–Crippen LogP) is 0.531. The van der Waals surface area contributed by atoms with Crippen molar-refractivity contribution in [3.63, 3.8) is 0 Å². The van der Waals surface area contributed by atoms with E-state index in [-0.39, 0.29) is 0 Å². The summed E-state index contributed by atoms with van der Waals surface area (Å²) in [5, 5.41) is 10.00. The quantitative estimate of drug-likeness (QED) is 0.780. The maximum absolute atomic E-state index is 4.24. The summed E-state index contributed by atoms with van der Waals surface area (Å²) in [5.41, 5.74) is 0. The van der Waals surface area contributed by atoms with Crippen LogP contribution in [0.2, 0.25) is 0 Å². The Bertz CT molecular complexity index is 451. The van der Waals surface area contributed by atoms with E-state index >= 15 is 0 Å². The fraction of sp³-hybridized carbons (Fsp3) is 0.333. The number of hydrogen-bond donors (Lipinski definition) is 2. The highest BCUT2D eigenvalue weighted by atomic mass is 15.4. The first-order valence-corrected chi connectivity index (χ1v) is 5.01. The minimum atomic E-state index is 0.486. The van der Waals surface area contributed by atoms with Crippen LogP contribution in [0.1, 0.15) is 6.92 Å². The molecule has 0 aromatic carbocycles. The molecule has 16 heavy (non-hydrogen) atoms. The Morgan fingerprint density at radius 2 is 2.06 bits per heavy atom. The fourth-order valence-electron chi connectivity index (χ4n) is 1.20. The SMILES string of the molecule is CCNc1nc(NC)nc(-n2cccn2)n1. The first-order valence-electron chi connectivity index (χ1n) is 5.01. The van der Waals surface area contributed by atoms with Crippen molar-refractivity contribution in [3.05, 3.63) is 18.5 Å². The molecule has 0 amide bonds. The van der Waals surface area contributed by atoms with Gasteiger partial charge in [0, 0.05) is 26.0 Å². The highest BCUT2D eigenvalue weighted by Crippen LogP contribution is 2.07. The summed E-state index contributed by atoms with van der Waals surface area (Å²) in [6, 6.07) is 1.82. The highest BCUT2D eigenvalue weighted by molar-refractivity contribution is 5.37. The molecule has 0 atom stereocenters. The Hall–Kier alpha value is -2.18. The highest BCUT2D eigenvalue weighted by Gasteiger charge is 2.06. The topological polar surface area (TPSA) is 80.5 Å². The van der Waals surface area contributed by atoms with Crippen LogP contribution in [0.3, 0.4) is 0 Å². The molecule has 0 bridgehead atoms. The van der Waals surface area contributed by atoms with Crippen molar-refractivity contribution in [2.24, 2.45) is 0 Å². The Labute approximate surface area is 92.9 Å². The van der Waals surface area contributed by atoms with Gasteiger partial charge in [-0.1, -0.05) is 0 Å². The van der Waals surface area contributed by atoms with Crippen LogP contribution in [0.5, 0.6) is 0 Å². The average molecular weight is 219 g/mol. The molecule has 0 aliphatic rings. The summed E-state index contributed by atoms with van der Waals surface area (Å²) in [7, 11) is 1.76. The van der Waals surface area contributed by atoms with Crippen LogP contribution in [0, 0.1) is 0 Å². The fourth-order valence-corrected chi connectivity index (χ4v) is 1.20. The minimum absolute atomic E-state index is 0.486. The number of hydrogen-bond acceptors (Lipinski definition) is 6. The van der Waals surface area contributed by atoms with Crippen LogP contribution >= 0.6 is 0 Å². The molecule has 0 saturated heterocycles. The van der Waals surface area contributed by atoms with Gasteiger partial charge in [0.1, 0.15) is 0 Å². The van der Waals surface area contributed by atoms with E-state index in [0.717, 1.165) is 6.54 Å². The second-order valence-corrected chi connectivity index (χ2v) is 3.01. The Morgan fingerprint density at radius 3 is 2.69 bits per heavy atom. The van der Waals surface area contributed by atoms with Crippen LogP contribution in [0.4, 0.5) is 11.9 Å². The van der Waals surface area contributed by atoms with Gasteiger partial charge in [0.2, 0.25) is 11.9 Å². The molecule has 0 fully saturated rings. The predicted molar refractivity (Wildman–Crippen MR) is 60.7 cm³/mol.